The Morgan fingerprint density at radius 1 is 0.682 bits per heavy atom. The van der Waals surface area contributed by atoms with Crippen molar-refractivity contribution in [3.8, 4) is 0 Å². The van der Waals surface area contributed by atoms with Crippen LogP contribution in [0.5, 0.6) is 0 Å². The van der Waals surface area contributed by atoms with Crippen LogP contribution in [-0.4, -0.2) is 15.9 Å². The third kappa shape index (κ3) is 12.0. The highest BCUT2D eigenvalue weighted by Gasteiger charge is 2.10. The van der Waals surface area contributed by atoms with Gasteiger partial charge in [0.1, 0.15) is 0 Å². The predicted molar refractivity (Wildman–Crippen MR) is 93.2 cm³/mol. The van der Waals surface area contributed by atoms with Crippen molar-refractivity contribution >= 4 is 7.60 Å². The van der Waals surface area contributed by atoms with Gasteiger partial charge in [0.05, 0.1) is 0 Å². The average molecular weight is 326 g/mol. The van der Waals surface area contributed by atoms with Gasteiger partial charge in [0.15, 0.2) is 0 Å². The van der Waals surface area contributed by atoms with Crippen molar-refractivity contribution in [1.29, 1.82) is 0 Å². The van der Waals surface area contributed by atoms with Crippen molar-refractivity contribution in [2.24, 2.45) is 0 Å². The molecule has 0 fully saturated rings. The second-order valence-corrected chi connectivity index (χ2v) is 7.94. The van der Waals surface area contributed by atoms with E-state index in [-0.39, 0.29) is 6.16 Å². The summed E-state index contributed by atoms with van der Waals surface area (Å²) in [5.74, 6) is 0. The molecule has 0 radical (unpaired) electrons. The molecule has 0 spiro atoms. The monoisotopic (exact) mass is 326 g/mol. The van der Waals surface area contributed by atoms with Crippen LogP contribution in [0.25, 0.3) is 0 Å². The minimum absolute atomic E-state index is 0.0500. The molecule has 0 aliphatic rings. The van der Waals surface area contributed by atoms with E-state index < -0.39 is 7.60 Å². The molecule has 1 rings (SSSR count). The van der Waals surface area contributed by atoms with Crippen LogP contribution in [0.3, 0.4) is 0 Å². The van der Waals surface area contributed by atoms with Gasteiger partial charge < -0.3 is 9.79 Å². The van der Waals surface area contributed by atoms with Crippen molar-refractivity contribution in [1.82, 2.24) is 0 Å². The Morgan fingerprint density at radius 2 is 1.14 bits per heavy atom. The molecule has 0 heterocycles. The standard InChI is InChI=1S/C18H31O3P/c19-22(20,21)17-13-8-6-4-2-1-3-5-7-10-14-18-15-11-9-12-16-18/h9,11-12,15-16H,1-8,10,13-14,17H2,(H2,19,20,21). The minimum atomic E-state index is -3.77. The Labute approximate surface area is 135 Å². The molecule has 1 aromatic rings. The Kier molecular flexibility index (Phi) is 10.5. The zero-order valence-corrected chi connectivity index (χ0v) is 14.5. The summed E-state index contributed by atoms with van der Waals surface area (Å²) in [4.78, 5) is 17.5. The Bertz CT molecular complexity index is 414. The van der Waals surface area contributed by atoms with Gasteiger partial charge in [-0.3, -0.25) is 4.57 Å². The van der Waals surface area contributed by atoms with Crippen LogP contribution in [0.15, 0.2) is 30.3 Å². The van der Waals surface area contributed by atoms with E-state index in [9.17, 15) is 4.57 Å². The van der Waals surface area contributed by atoms with Gasteiger partial charge in [-0.15, -0.1) is 0 Å². The van der Waals surface area contributed by atoms with E-state index in [2.05, 4.69) is 30.3 Å². The number of rotatable bonds is 13. The topological polar surface area (TPSA) is 57.5 Å². The largest absolute Gasteiger partial charge is 0.325 e. The summed E-state index contributed by atoms with van der Waals surface area (Å²) in [6, 6.07) is 10.7. The zero-order chi connectivity index (χ0) is 16.1. The number of aryl methyl sites for hydroxylation is 1. The fraction of sp³-hybridized carbons (Fsp3) is 0.667. The van der Waals surface area contributed by atoms with E-state index in [1.807, 2.05) is 0 Å². The lowest BCUT2D eigenvalue weighted by Crippen LogP contribution is -1.88. The highest BCUT2D eigenvalue weighted by atomic mass is 31.2. The highest BCUT2D eigenvalue weighted by Crippen LogP contribution is 2.35. The SMILES string of the molecule is O=P(O)(O)CCCCCCCCCCCCc1ccccc1. The molecule has 0 saturated heterocycles. The Hall–Kier alpha value is -0.630. The smallest absolute Gasteiger partial charge is 0.324 e. The zero-order valence-electron chi connectivity index (χ0n) is 13.6. The van der Waals surface area contributed by atoms with Crippen molar-refractivity contribution < 1.29 is 14.4 Å². The summed E-state index contributed by atoms with van der Waals surface area (Å²) in [5, 5.41) is 0. The normalized spacial score (nSPS) is 11.7. The molecule has 0 bridgehead atoms. The fourth-order valence-electron chi connectivity index (χ4n) is 2.71. The van der Waals surface area contributed by atoms with E-state index in [1.54, 1.807) is 0 Å². The fourth-order valence-corrected chi connectivity index (χ4v) is 3.34. The van der Waals surface area contributed by atoms with E-state index in [4.69, 9.17) is 9.79 Å². The summed E-state index contributed by atoms with van der Waals surface area (Å²) in [7, 11) is -3.77. The van der Waals surface area contributed by atoms with Gasteiger partial charge in [-0.05, 0) is 24.8 Å². The molecule has 22 heavy (non-hydrogen) atoms. The van der Waals surface area contributed by atoms with Crippen LogP contribution < -0.4 is 0 Å². The number of hydrogen-bond donors (Lipinski definition) is 2. The van der Waals surface area contributed by atoms with Crippen molar-refractivity contribution in [2.45, 2.75) is 70.6 Å². The van der Waals surface area contributed by atoms with Gasteiger partial charge in [-0.1, -0.05) is 81.7 Å². The maximum Gasteiger partial charge on any atom is 0.325 e. The lowest BCUT2D eigenvalue weighted by molar-refractivity contribution is 0.370. The Morgan fingerprint density at radius 3 is 1.64 bits per heavy atom. The molecule has 3 nitrogen and oxygen atoms in total. The minimum Gasteiger partial charge on any atom is -0.324 e. The third-order valence-corrected chi connectivity index (χ3v) is 4.91. The second kappa shape index (κ2) is 11.9. The van der Waals surface area contributed by atoms with E-state index in [1.165, 1.54) is 56.9 Å². The van der Waals surface area contributed by atoms with E-state index in [0.29, 0.717) is 6.42 Å². The van der Waals surface area contributed by atoms with Crippen molar-refractivity contribution in [3.63, 3.8) is 0 Å². The van der Waals surface area contributed by atoms with Gasteiger partial charge in [0.25, 0.3) is 0 Å². The molecule has 0 saturated carbocycles. The molecule has 0 amide bonds. The summed E-state index contributed by atoms with van der Waals surface area (Å²) in [6.45, 7) is 0. The summed E-state index contributed by atoms with van der Waals surface area (Å²) in [6.07, 6.45) is 12.9. The molecule has 2 N–H and O–H groups in total. The molecular formula is C18H31O3P. The quantitative estimate of drug-likeness (QED) is 0.381. The number of unbranched alkanes of at least 4 members (excludes halogenated alkanes) is 9. The highest BCUT2D eigenvalue weighted by molar-refractivity contribution is 7.51. The lowest BCUT2D eigenvalue weighted by Gasteiger charge is -2.04. The van der Waals surface area contributed by atoms with Gasteiger partial charge in [-0.25, -0.2) is 0 Å². The molecule has 1 aromatic carbocycles. The maximum atomic E-state index is 10.7. The van der Waals surface area contributed by atoms with Gasteiger partial charge in [-0.2, -0.15) is 0 Å². The van der Waals surface area contributed by atoms with Crippen LogP contribution in [0, 0.1) is 0 Å². The van der Waals surface area contributed by atoms with Crippen LogP contribution in [0.4, 0.5) is 0 Å². The molecule has 126 valence electrons. The second-order valence-electron chi connectivity index (χ2n) is 6.16. The van der Waals surface area contributed by atoms with E-state index >= 15 is 0 Å². The average Bonchev–Trinajstić information content (AvgIpc) is 2.48. The van der Waals surface area contributed by atoms with Crippen LogP contribution >= 0.6 is 7.60 Å². The third-order valence-electron chi connectivity index (χ3n) is 4.01. The molecule has 0 atom stereocenters. The predicted octanol–water partition coefficient (Wildman–Crippen LogP) is 5.31. The maximum absolute atomic E-state index is 10.7. The molecule has 0 aliphatic carbocycles. The molecular weight excluding hydrogens is 295 g/mol. The number of benzene rings is 1. The van der Waals surface area contributed by atoms with Crippen molar-refractivity contribution in [3.05, 3.63) is 35.9 Å². The van der Waals surface area contributed by atoms with Gasteiger partial charge in [0, 0.05) is 6.16 Å². The first-order chi connectivity index (χ1) is 10.6. The first-order valence-corrected chi connectivity index (χ1v) is 10.5. The van der Waals surface area contributed by atoms with Gasteiger partial charge >= 0.3 is 7.60 Å². The molecule has 0 aliphatic heterocycles. The number of hydrogen-bond acceptors (Lipinski definition) is 1. The molecule has 0 aromatic heterocycles. The van der Waals surface area contributed by atoms with E-state index in [0.717, 1.165) is 12.8 Å². The van der Waals surface area contributed by atoms with Crippen LogP contribution in [-0.2, 0) is 11.0 Å². The first-order valence-electron chi connectivity index (χ1n) is 8.66. The van der Waals surface area contributed by atoms with Gasteiger partial charge in [0.2, 0.25) is 0 Å². The summed E-state index contributed by atoms with van der Waals surface area (Å²) < 4.78 is 10.7. The summed E-state index contributed by atoms with van der Waals surface area (Å²) in [5.41, 5.74) is 1.44. The Balaban J connectivity index is 1.79. The van der Waals surface area contributed by atoms with Crippen LogP contribution in [0.2, 0.25) is 0 Å². The summed E-state index contributed by atoms with van der Waals surface area (Å²) >= 11 is 0. The first kappa shape index (κ1) is 19.4. The van der Waals surface area contributed by atoms with Crippen molar-refractivity contribution in [2.75, 3.05) is 6.16 Å². The van der Waals surface area contributed by atoms with Crippen LogP contribution in [0.1, 0.15) is 69.8 Å². The molecule has 4 heteroatoms. The lowest BCUT2D eigenvalue weighted by atomic mass is 10.0. The molecule has 0 unspecified atom stereocenters.